The maximum atomic E-state index is 6.45. The van der Waals surface area contributed by atoms with Gasteiger partial charge in [-0.2, -0.15) is 4.98 Å². The van der Waals surface area contributed by atoms with Gasteiger partial charge in [0.15, 0.2) is 0 Å². The Bertz CT molecular complexity index is 953. The Balaban J connectivity index is 1.23. The van der Waals surface area contributed by atoms with Gasteiger partial charge in [-0.15, -0.1) is 0 Å². The molecule has 1 saturated carbocycles. The molecule has 0 bridgehead atoms. The predicted octanol–water partition coefficient (Wildman–Crippen LogP) is 2.63. The van der Waals surface area contributed by atoms with Crippen molar-refractivity contribution in [3.05, 3.63) is 41.3 Å². The molecule has 9 heteroatoms. The van der Waals surface area contributed by atoms with Crippen LogP contribution in [-0.4, -0.2) is 32.1 Å². The SMILES string of the molecule is Clc1c(CNc2nccc(NC3CC(C4CC4)NN3)n2)ccc2[nH]cnc12. The number of hydrazine groups is 1. The molecule has 1 aromatic carbocycles. The van der Waals surface area contributed by atoms with Gasteiger partial charge in [0.25, 0.3) is 0 Å². The molecule has 3 aromatic rings. The maximum Gasteiger partial charge on any atom is 0.224 e. The number of hydrogen-bond acceptors (Lipinski definition) is 7. The second-order valence-electron chi connectivity index (χ2n) is 7.12. The van der Waals surface area contributed by atoms with Gasteiger partial charge in [-0.05, 0) is 42.9 Å². The normalized spacial score (nSPS) is 22.3. The van der Waals surface area contributed by atoms with Crippen LogP contribution in [0.3, 0.4) is 0 Å². The zero-order chi connectivity index (χ0) is 18.2. The van der Waals surface area contributed by atoms with Crippen LogP contribution in [0.25, 0.3) is 11.0 Å². The summed E-state index contributed by atoms with van der Waals surface area (Å²) in [6.45, 7) is 0.526. The van der Waals surface area contributed by atoms with Crippen LogP contribution in [0, 0.1) is 5.92 Å². The molecule has 2 aromatic heterocycles. The summed E-state index contributed by atoms with van der Waals surface area (Å²) in [5, 5.41) is 7.30. The molecule has 5 N–H and O–H groups in total. The Kier molecular flexibility index (Phi) is 4.31. The number of nitrogens with zero attached hydrogens (tertiary/aromatic N) is 3. The van der Waals surface area contributed by atoms with E-state index in [-0.39, 0.29) is 6.17 Å². The molecular weight excluding hydrogens is 364 g/mol. The fourth-order valence-electron chi connectivity index (χ4n) is 3.51. The lowest BCUT2D eigenvalue weighted by molar-refractivity contribution is 0.502. The molecule has 2 atom stereocenters. The number of imidazole rings is 1. The molecule has 8 nitrogen and oxygen atoms in total. The molecule has 27 heavy (non-hydrogen) atoms. The zero-order valence-electron chi connectivity index (χ0n) is 14.7. The lowest BCUT2D eigenvalue weighted by Crippen LogP contribution is -2.37. The van der Waals surface area contributed by atoms with E-state index in [0.29, 0.717) is 23.6 Å². The highest BCUT2D eigenvalue weighted by Gasteiger charge is 2.36. The van der Waals surface area contributed by atoms with Gasteiger partial charge in [0, 0.05) is 18.8 Å². The first kappa shape index (κ1) is 16.7. The van der Waals surface area contributed by atoms with Crippen LogP contribution in [0.1, 0.15) is 24.8 Å². The number of fused-ring (bicyclic) bond motifs is 1. The van der Waals surface area contributed by atoms with Gasteiger partial charge in [-0.3, -0.25) is 5.43 Å². The number of hydrogen-bond donors (Lipinski definition) is 5. The molecular formula is C18H21ClN8. The largest absolute Gasteiger partial charge is 0.353 e. The Morgan fingerprint density at radius 3 is 2.96 bits per heavy atom. The summed E-state index contributed by atoms with van der Waals surface area (Å²) in [6, 6.07) is 6.38. The number of rotatable bonds is 6. The summed E-state index contributed by atoms with van der Waals surface area (Å²) in [6.07, 6.45) is 7.29. The van der Waals surface area contributed by atoms with Gasteiger partial charge >= 0.3 is 0 Å². The quantitative estimate of drug-likeness (QED) is 0.445. The van der Waals surface area contributed by atoms with Crippen LogP contribution in [0.4, 0.5) is 11.8 Å². The molecule has 0 spiro atoms. The third-order valence-electron chi connectivity index (χ3n) is 5.15. The molecule has 140 valence electrons. The van der Waals surface area contributed by atoms with Gasteiger partial charge in [-0.1, -0.05) is 17.7 Å². The van der Waals surface area contributed by atoms with E-state index in [9.17, 15) is 0 Å². The van der Waals surface area contributed by atoms with Crippen LogP contribution < -0.4 is 21.5 Å². The molecule has 0 amide bonds. The minimum atomic E-state index is 0.176. The van der Waals surface area contributed by atoms with E-state index in [0.717, 1.165) is 34.8 Å². The highest BCUT2D eigenvalue weighted by molar-refractivity contribution is 6.35. The van der Waals surface area contributed by atoms with E-state index in [2.05, 4.69) is 41.4 Å². The van der Waals surface area contributed by atoms with Gasteiger partial charge in [0.1, 0.15) is 11.3 Å². The third kappa shape index (κ3) is 3.55. The van der Waals surface area contributed by atoms with Gasteiger partial charge in [-0.25, -0.2) is 15.4 Å². The van der Waals surface area contributed by atoms with Gasteiger partial charge in [0.2, 0.25) is 5.95 Å². The monoisotopic (exact) mass is 384 g/mol. The number of aromatic nitrogens is 4. The molecule has 2 unspecified atom stereocenters. The fourth-order valence-corrected chi connectivity index (χ4v) is 3.79. The lowest BCUT2D eigenvalue weighted by Gasteiger charge is -2.14. The number of H-pyrrole nitrogens is 1. The summed E-state index contributed by atoms with van der Waals surface area (Å²) in [5.41, 5.74) is 9.33. The van der Waals surface area contributed by atoms with Crippen molar-refractivity contribution in [3.63, 3.8) is 0 Å². The van der Waals surface area contributed by atoms with Crippen molar-refractivity contribution in [1.82, 2.24) is 30.8 Å². The molecule has 1 saturated heterocycles. The first-order valence-corrected chi connectivity index (χ1v) is 9.59. The Labute approximate surface area is 161 Å². The van der Waals surface area contributed by atoms with Crippen LogP contribution in [0.15, 0.2) is 30.7 Å². The van der Waals surface area contributed by atoms with Crippen LogP contribution in [0.5, 0.6) is 0 Å². The zero-order valence-corrected chi connectivity index (χ0v) is 15.4. The minimum absolute atomic E-state index is 0.176. The fraction of sp³-hybridized carbons (Fsp3) is 0.389. The first-order chi connectivity index (χ1) is 13.3. The van der Waals surface area contributed by atoms with Crippen molar-refractivity contribution >= 4 is 34.4 Å². The minimum Gasteiger partial charge on any atom is -0.353 e. The predicted molar refractivity (Wildman–Crippen MR) is 105 cm³/mol. The number of benzene rings is 1. The lowest BCUT2D eigenvalue weighted by atomic mass is 10.1. The van der Waals surface area contributed by atoms with Crippen LogP contribution >= 0.6 is 11.6 Å². The van der Waals surface area contributed by atoms with Crippen molar-refractivity contribution < 1.29 is 0 Å². The second kappa shape index (κ2) is 6.95. The van der Waals surface area contributed by atoms with E-state index in [4.69, 9.17) is 11.6 Å². The van der Waals surface area contributed by atoms with Crippen molar-refractivity contribution in [2.45, 2.75) is 38.0 Å². The summed E-state index contributed by atoms with van der Waals surface area (Å²) in [4.78, 5) is 16.2. The number of nitrogens with one attached hydrogen (secondary N) is 5. The molecule has 5 rings (SSSR count). The molecule has 2 aliphatic rings. The number of halogens is 1. The molecule has 1 aliphatic heterocycles. The van der Waals surface area contributed by atoms with E-state index >= 15 is 0 Å². The van der Waals surface area contributed by atoms with Crippen molar-refractivity contribution in [2.24, 2.45) is 5.92 Å². The molecule has 0 radical (unpaired) electrons. The average molecular weight is 385 g/mol. The highest BCUT2D eigenvalue weighted by atomic mass is 35.5. The molecule has 3 heterocycles. The summed E-state index contributed by atoms with van der Waals surface area (Å²) in [7, 11) is 0. The number of aromatic amines is 1. The molecule has 1 aliphatic carbocycles. The Morgan fingerprint density at radius 1 is 1.15 bits per heavy atom. The van der Waals surface area contributed by atoms with Crippen molar-refractivity contribution in [2.75, 3.05) is 10.6 Å². The Hall–Kier alpha value is -2.42. The van der Waals surface area contributed by atoms with Gasteiger partial charge in [0.05, 0.1) is 23.0 Å². The second-order valence-corrected chi connectivity index (χ2v) is 7.50. The van der Waals surface area contributed by atoms with E-state index in [1.54, 1.807) is 12.5 Å². The topological polar surface area (TPSA) is 103 Å². The smallest absolute Gasteiger partial charge is 0.224 e. The summed E-state index contributed by atoms with van der Waals surface area (Å²) < 4.78 is 0. The molecule has 2 fully saturated rings. The van der Waals surface area contributed by atoms with Crippen LogP contribution in [0.2, 0.25) is 5.02 Å². The van der Waals surface area contributed by atoms with E-state index in [1.807, 2.05) is 18.2 Å². The van der Waals surface area contributed by atoms with Crippen molar-refractivity contribution in [3.8, 4) is 0 Å². The van der Waals surface area contributed by atoms with Gasteiger partial charge < -0.3 is 15.6 Å². The highest BCUT2D eigenvalue weighted by Crippen LogP contribution is 2.35. The summed E-state index contributed by atoms with van der Waals surface area (Å²) >= 11 is 6.45. The maximum absolute atomic E-state index is 6.45. The third-order valence-corrected chi connectivity index (χ3v) is 5.57. The van der Waals surface area contributed by atoms with Crippen LogP contribution in [-0.2, 0) is 6.54 Å². The van der Waals surface area contributed by atoms with Crippen molar-refractivity contribution in [1.29, 1.82) is 0 Å². The van der Waals surface area contributed by atoms with E-state index < -0.39 is 0 Å². The number of anilines is 2. The summed E-state index contributed by atoms with van der Waals surface area (Å²) in [5.74, 6) is 2.17. The Morgan fingerprint density at radius 2 is 2.07 bits per heavy atom. The first-order valence-electron chi connectivity index (χ1n) is 9.21. The standard InChI is InChI=1S/C18H21ClN8/c19-16-11(3-4-12-17(16)23-9-22-12)8-21-18-20-6-5-14(25-18)24-15-7-13(26-27-15)10-1-2-10/h3-6,9-10,13,15,26-27H,1-2,7-8H2,(H,22,23)(H2,20,21,24,25). The van der Waals surface area contributed by atoms with E-state index in [1.165, 1.54) is 12.8 Å². The average Bonchev–Trinajstić information content (AvgIpc) is 3.23.